The van der Waals surface area contributed by atoms with Crippen LogP contribution in [-0.2, 0) is 13.1 Å². The molecule has 2 N–H and O–H groups in total. The third kappa shape index (κ3) is 12.7. The molecule has 4 saturated heterocycles. The van der Waals surface area contributed by atoms with E-state index in [1.54, 1.807) is 28.4 Å². The predicted octanol–water partition coefficient (Wildman–Crippen LogP) is 8.55. The van der Waals surface area contributed by atoms with Crippen LogP contribution in [0.1, 0.15) is 43.2 Å². The van der Waals surface area contributed by atoms with Crippen LogP contribution in [0.25, 0.3) is 21.8 Å². The number of anilines is 4. The molecule has 14 nitrogen and oxygen atoms in total. The second kappa shape index (κ2) is 23.9. The average Bonchev–Trinajstić information content (AvgIpc) is 3.64. The lowest BCUT2D eigenvalue weighted by atomic mass is 10.0. The van der Waals surface area contributed by atoms with Gasteiger partial charge in [-0.2, -0.15) is 0 Å². The second-order valence-electron chi connectivity index (χ2n) is 19.8. The van der Waals surface area contributed by atoms with Crippen molar-refractivity contribution in [3.63, 3.8) is 0 Å². The molecule has 0 saturated carbocycles. The monoisotopic (exact) mass is 965 g/mol. The van der Waals surface area contributed by atoms with Crippen LogP contribution >= 0.6 is 0 Å². The topological polar surface area (TPSA) is 106 Å². The molecule has 10 rings (SSSR count). The minimum absolute atomic E-state index is 0.429. The molecule has 4 fully saturated rings. The summed E-state index contributed by atoms with van der Waals surface area (Å²) in [6.45, 7) is 14.7. The number of hydrogen-bond donors (Lipinski definition) is 2. The van der Waals surface area contributed by atoms with Gasteiger partial charge in [0.25, 0.3) is 0 Å². The van der Waals surface area contributed by atoms with Gasteiger partial charge in [0.05, 0.1) is 39.5 Å². The highest BCUT2D eigenvalue weighted by Gasteiger charge is 2.25. The third-order valence-corrected chi connectivity index (χ3v) is 14.9. The highest BCUT2D eigenvalue weighted by molar-refractivity contribution is 5.96. The van der Waals surface area contributed by atoms with Gasteiger partial charge in [0.1, 0.15) is 11.6 Å². The molecule has 6 aromatic rings. The first-order valence-electron chi connectivity index (χ1n) is 25.8. The summed E-state index contributed by atoms with van der Waals surface area (Å²) in [6.07, 6.45) is 5.62. The molecule has 0 atom stereocenters. The summed E-state index contributed by atoms with van der Waals surface area (Å²) in [5.74, 6) is 4.95. The number of fused-ring (bicyclic) bond motifs is 2. The minimum atomic E-state index is 0.429. The summed E-state index contributed by atoms with van der Waals surface area (Å²) in [4.78, 5) is 24.8. The molecule has 4 aromatic carbocycles. The molecule has 14 heteroatoms. The zero-order valence-electron chi connectivity index (χ0n) is 43.0. The Labute approximate surface area is 421 Å². The van der Waals surface area contributed by atoms with Gasteiger partial charge in [-0.15, -0.1) is 0 Å². The van der Waals surface area contributed by atoms with Gasteiger partial charge in [-0.3, -0.25) is 9.80 Å². The molecular weight excluding hydrogens is 889 g/mol. The van der Waals surface area contributed by atoms with Gasteiger partial charge in [0.15, 0.2) is 23.0 Å². The first-order valence-corrected chi connectivity index (χ1v) is 25.8. The molecule has 6 heterocycles. The molecule has 0 spiro atoms. The SMILES string of the molecule is COc1cc2nc(N3CCCN(C)CC3)cc(NC3CCN(Cc4ccccc4)CC3)c2cc1OC.COc1cc2nc(N3CCN(C)CC3)cc(NC3CCN(Cc4ccccc4)CC3)c2cc1OC. The van der Waals surface area contributed by atoms with Gasteiger partial charge in [-0.05, 0) is 76.0 Å². The lowest BCUT2D eigenvalue weighted by molar-refractivity contribution is 0.211. The van der Waals surface area contributed by atoms with Crippen molar-refractivity contribution in [1.82, 2.24) is 29.6 Å². The molecule has 0 bridgehead atoms. The largest absolute Gasteiger partial charge is 0.493 e. The standard InChI is InChI=1S/C29H39N5O2.C28H37N5O2/c1-32-12-7-13-34(17-16-32)29-20-26(24-18-27(35-2)28(36-3)19-25(24)31-29)30-23-10-14-33(15-11-23)21-22-8-5-4-6-9-22;1-31-13-15-33(16-14-31)28-19-25(23-17-26(34-2)27(35-3)18-24(23)30-28)29-22-9-11-32(12-10-22)20-21-7-5-4-6-8-21/h4-6,8-9,18-20,23H,7,10-17,21H2,1-3H3,(H,30,31);4-8,17-19,22H,9-16,20H2,1-3H3,(H,29,30). The molecule has 0 radical (unpaired) electrons. The van der Waals surface area contributed by atoms with Crippen molar-refractivity contribution in [1.29, 1.82) is 0 Å². The van der Waals surface area contributed by atoms with Gasteiger partial charge in [0.2, 0.25) is 0 Å². The number of ether oxygens (including phenoxy) is 4. The molecule has 0 amide bonds. The summed E-state index contributed by atoms with van der Waals surface area (Å²) >= 11 is 0. The Bertz CT molecular complexity index is 2630. The highest BCUT2D eigenvalue weighted by atomic mass is 16.5. The van der Waals surface area contributed by atoms with Crippen LogP contribution in [0.2, 0.25) is 0 Å². The van der Waals surface area contributed by atoms with E-state index in [1.165, 1.54) is 11.1 Å². The summed E-state index contributed by atoms with van der Waals surface area (Å²) in [5, 5.41) is 9.94. The minimum Gasteiger partial charge on any atom is -0.493 e. The van der Waals surface area contributed by atoms with E-state index >= 15 is 0 Å². The fraction of sp³-hybridized carbons (Fsp3) is 0.474. The van der Waals surface area contributed by atoms with Crippen molar-refractivity contribution >= 4 is 44.8 Å². The van der Waals surface area contributed by atoms with Crippen molar-refractivity contribution < 1.29 is 18.9 Å². The third-order valence-electron chi connectivity index (χ3n) is 14.9. The number of likely N-dealkylation sites (tertiary alicyclic amines) is 2. The maximum Gasteiger partial charge on any atom is 0.162 e. The average molecular weight is 965 g/mol. The summed E-state index contributed by atoms with van der Waals surface area (Å²) in [6, 6.07) is 35.0. The molecular formula is C57H76N10O4. The zero-order valence-corrected chi connectivity index (χ0v) is 43.0. The Morgan fingerprint density at radius 1 is 0.451 bits per heavy atom. The highest BCUT2D eigenvalue weighted by Crippen LogP contribution is 2.39. The number of nitrogens with one attached hydrogen (secondary N) is 2. The number of likely N-dealkylation sites (N-methyl/N-ethyl adjacent to an activating group) is 2. The lowest BCUT2D eigenvalue weighted by Crippen LogP contribution is -2.44. The first kappa shape index (κ1) is 49.9. The Morgan fingerprint density at radius 2 is 0.831 bits per heavy atom. The van der Waals surface area contributed by atoms with Crippen molar-refractivity contribution in [3.05, 3.63) is 108 Å². The van der Waals surface area contributed by atoms with Crippen molar-refractivity contribution in [2.24, 2.45) is 0 Å². The molecule has 0 unspecified atom stereocenters. The number of hydrogen-bond acceptors (Lipinski definition) is 14. The Morgan fingerprint density at radius 3 is 1.24 bits per heavy atom. The van der Waals surface area contributed by atoms with E-state index in [-0.39, 0.29) is 0 Å². The van der Waals surface area contributed by atoms with E-state index in [4.69, 9.17) is 28.9 Å². The molecule has 4 aliphatic rings. The molecule has 2 aromatic heterocycles. The van der Waals surface area contributed by atoms with Gasteiger partial charge in [0, 0.05) is 144 Å². The Kier molecular flexibility index (Phi) is 16.8. The number of methoxy groups -OCH3 is 4. The van der Waals surface area contributed by atoms with Gasteiger partial charge in [-0.25, -0.2) is 9.97 Å². The fourth-order valence-electron chi connectivity index (χ4n) is 10.5. The number of aromatic nitrogens is 2. The van der Waals surface area contributed by atoms with E-state index in [1.807, 2.05) is 12.1 Å². The Hall–Kier alpha value is -6.06. The van der Waals surface area contributed by atoms with E-state index in [2.05, 4.69) is 139 Å². The number of piperazine rings is 1. The van der Waals surface area contributed by atoms with Crippen molar-refractivity contribution in [3.8, 4) is 23.0 Å². The van der Waals surface area contributed by atoms with Crippen LogP contribution in [0.3, 0.4) is 0 Å². The zero-order chi connectivity index (χ0) is 49.1. The van der Waals surface area contributed by atoms with Crippen molar-refractivity contribution in [2.75, 3.05) is 142 Å². The van der Waals surface area contributed by atoms with E-state index < -0.39 is 0 Å². The number of piperidine rings is 2. The van der Waals surface area contributed by atoms with Gasteiger partial charge in [-0.1, -0.05) is 60.7 Å². The molecule has 71 heavy (non-hydrogen) atoms. The predicted molar refractivity (Wildman–Crippen MR) is 290 cm³/mol. The first-order chi connectivity index (χ1) is 34.7. The molecule has 4 aliphatic heterocycles. The summed E-state index contributed by atoms with van der Waals surface area (Å²) in [7, 11) is 11.1. The Balaban J connectivity index is 0.000000176. The van der Waals surface area contributed by atoms with Crippen LogP contribution in [0.15, 0.2) is 97.1 Å². The smallest absolute Gasteiger partial charge is 0.162 e. The molecule has 0 aliphatic carbocycles. The van der Waals surface area contributed by atoms with Crippen LogP contribution < -0.4 is 39.4 Å². The maximum absolute atomic E-state index is 5.63. The number of benzene rings is 4. The van der Waals surface area contributed by atoms with Crippen LogP contribution in [-0.4, -0.2) is 163 Å². The summed E-state index contributed by atoms with van der Waals surface area (Å²) in [5.41, 5.74) is 6.91. The quantitative estimate of drug-likeness (QED) is 0.109. The van der Waals surface area contributed by atoms with Crippen LogP contribution in [0.4, 0.5) is 23.0 Å². The molecule has 378 valence electrons. The summed E-state index contributed by atoms with van der Waals surface area (Å²) < 4.78 is 22.4. The van der Waals surface area contributed by atoms with Gasteiger partial charge >= 0.3 is 0 Å². The number of nitrogens with zero attached hydrogens (tertiary/aromatic N) is 8. The number of pyridine rings is 2. The fourth-order valence-corrected chi connectivity index (χ4v) is 10.5. The number of rotatable bonds is 14. The lowest BCUT2D eigenvalue weighted by Gasteiger charge is -2.35. The van der Waals surface area contributed by atoms with Gasteiger partial charge < -0.3 is 49.2 Å². The van der Waals surface area contributed by atoms with E-state index in [0.29, 0.717) is 23.6 Å². The van der Waals surface area contributed by atoms with Crippen LogP contribution in [0, 0.1) is 0 Å². The second-order valence-corrected chi connectivity index (χ2v) is 19.8. The maximum atomic E-state index is 5.63. The normalized spacial score (nSPS) is 18.2. The van der Waals surface area contributed by atoms with E-state index in [0.717, 1.165) is 180 Å². The van der Waals surface area contributed by atoms with E-state index in [9.17, 15) is 0 Å². The van der Waals surface area contributed by atoms with Crippen LogP contribution in [0.5, 0.6) is 23.0 Å². The van der Waals surface area contributed by atoms with Crippen molar-refractivity contribution in [2.45, 2.75) is 57.3 Å².